The predicted octanol–water partition coefficient (Wildman–Crippen LogP) is 4.34. The summed E-state index contributed by atoms with van der Waals surface area (Å²) in [7, 11) is 1.88. The number of hydrogen-bond acceptors (Lipinski definition) is 4. The molecule has 31 heavy (non-hydrogen) atoms. The number of hydrogen-bond donors (Lipinski definition) is 2. The van der Waals surface area contributed by atoms with Gasteiger partial charge in [-0.25, -0.2) is 0 Å². The highest BCUT2D eigenvalue weighted by Crippen LogP contribution is 2.44. The van der Waals surface area contributed by atoms with E-state index in [1.165, 1.54) is 29.0 Å². The van der Waals surface area contributed by atoms with Gasteiger partial charge in [-0.3, -0.25) is 9.48 Å². The molecule has 1 saturated carbocycles. The average molecular weight is 449 g/mol. The highest BCUT2D eigenvalue weighted by Gasteiger charge is 2.33. The Kier molecular flexibility index (Phi) is 5.90. The van der Waals surface area contributed by atoms with E-state index in [0.717, 1.165) is 30.2 Å². The van der Waals surface area contributed by atoms with Crippen LogP contribution in [0.1, 0.15) is 45.1 Å². The molecule has 9 heteroatoms. The lowest BCUT2D eigenvalue weighted by molar-refractivity contribution is -0.138. The average Bonchev–Trinajstić information content (AvgIpc) is 3.33. The lowest BCUT2D eigenvalue weighted by Crippen LogP contribution is -2.41. The lowest BCUT2D eigenvalue weighted by Gasteiger charge is -2.19. The van der Waals surface area contributed by atoms with E-state index in [9.17, 15) is 18.0 Å². The molecule has 1 atom stereocenters. The van der Waals surface area contributed by atoms with E-state index in [2.05, 4.69) is 10.4 Å². The highest BCUT2D eigenvalue weighted by molar-refractivity contribution is 7.12. The molecule has 0 aliphatic heterocycles. The summed E-state index contributed by atoms with van der Waals surface area (Å²) in [6, 6.07) is 6.56. The van der Waals surface area contributed by atoms with Gasteiger partial charge < -0.3 is 11.1 Å². The van der Waals surface area contributed by atoms with Crippen molar-refractivity contribution in [1.82, 2.24) is 15.1 Å². The minimum atomic E-state index is -4.45. The zero-order chi connectivity index (χ0) is 22.2. The van der Waals surface area contributed by atoms with Gasteiger partial charge in [0.15, 0.2) is 0 Å². The summed E-state index contributed by atoms with van der Waals surface area (Å²) >= 11 is 1.30. The predicted molar refractivity (Wildman–Crippen MR) is 114 cm³/mol. The summed E-state index contributed by atoms with van der Waals surface area (Å²) in [6.45, 7) is 0.0315. The van der Waals surface area contributed by atoms with Crippen molar-refractivity contribution in [1.29, 1.82) is 0 Å². The van der Waals surface area contributed by atoms with E-state index in [1.54, 1.807) is 12.1 Å². The molecule has 0 bridgehead atoms. The Hall–Kier alpha value is -2.65. The molecule has 0 saturated heterocycles. The molecule has 3 aromatic rings. The quantitative estimate of drug-likeness (QED) is 0.565. The van der Waals surface area contributed by atoms with Gasteiger partial charge in [-0.15, -0.1) is 11.3 Å². The van der Waals surface area contributed by atoms with E-state index >= 15 is 0 Å². The van der Waals surface area contributed by atoms with Crippen LogP contribution >= 0.6 is 11.3 Å². The first kappa shape index (κ1) is 21.6. The van der Waals surface area contributed by atoms with Crippen LogP contribution in [0.25, 0.3) is 11.3 Å². The molecule has 2 aromatic heterocycles. The summed E-state index contributed by atoms with van der Waals surface area (Å²) in [6.07, 6.45) is -0.275. The van der Waals surface area contributed by atoms with Crippen LogP contribution in [0.4, 0.5) is 13.2 Å². The molecule has 2 heterocycles. The number of nitrogens with zero attached hydrogens (tertiary/aromatic N) is 2. The topological polar surface area (TPSA) is 72.9 Å². The third kappa shape index (κ3) is 4.67. The van der Waals surface area contributed by atoms with Crippen molar-refractivity contribution >= 4 is 17.2 Å². The maximum atomic E-state index is 13.3. The van der Waals surface area contributed by atoms with Crippen molar-refractivity contribution in [2.24, 2.45) is 12.8 Å². The Labute approximate surface area is 182 Å². The Balaban J connectivity index is 1.49. The molecule has 4 rings (SSSR count). The van der Waals surface area contributed by atoms with Crippen LogP contribution in [-0.4, -0.2) is 28.3 Å². The Morgan fingerprint density at radius 1 is 1.35 bits per heavy atom. The summed E-state index contributed by atoms with van der Waals surface area (Å²) in [4.78, 5) is 13.3. The number of alkyl halides is 3. The minimum Gasteiger partial charge on any atom is -0.347 e. The van der Waals surface area contributed by atoms with Gasteiger partial charge in [0, 0.05) is 36.1 Å². The van der Waals surface area contributed by atoms with Crippen molar-refractivity contribution in [3.63, 3.8) is 0 Å². The van der Waals surface area contributed by atoms with Gasteiger partial charge in [0.2, 0.25) is 0 Å². The smallest absolute Gasteiger partial charge is 0.347 e. The van der Waals surface area contributed by atoms with Crippen LogP contribution in [0.5, 0.6) is 0 Å². The number of rotatable bonds is 7. The normalized spacial score (nSPS) is 15.1. The first-order chi connectivity index (χ1) is 14.8. The second-order valence-corrected chi connectivity index (χ2v) is 8.72. The number of carbonyl (C=O) groups is 1. The molecular weight excluding hydrogens is 425 g/mol. The number of thiophene rings is 1. The van der Waals surface area contributed by atoms with Crippen LogP contribution in [-0.2, 0) is 19.6 Å². The molecule has 1 aliphatic rings. The molecule has 1 aromatic carbocycles. The largest absolute Gasteiger partial charge is 0.416 e. The zero-order valence-corrected chi connectivity index (χ0v) is 17.8. The Morgan fingerprint density at radius 3 is 2.77 bits per heavy atom. The first-order valence-electron chi connectivity index (χ1n) is 10.0. The number of nitrogens with two attached hydrogens (primary N) is 1. The lowest BCUT2D eigenvalue weighted by atomic mass is 9.99. The SMILES string of the molecule is Cn1ncc(C2CC2)c1-c1csc(C(=O)NC(CN)Cc2ccccc2C(F)(F)F)c1. The van der Waals surface area contributed by atoms with Crippen molar-refractivity contribution in [2.75, 3.05) is 6.54 Å². The van der Waals surface area contributed by atoms with Crippen molar-refractivity contribution in [2.45, 2.75) is 37.4 Å². The van der Waals surface area contributed by atoms with Crippen molar-refractivity contribution < 1.29 is 18.0 Å². The molecule has 0 spiro atoms. The molecule has 1 amide bonds. The molecule has 1 aliphatic carbocycles. The van der Waals surface area contributed by atoms with E-state index in [1.807, 2.05) is 23.3 Å². The molecular formula is C22H23F3N4OS. The first-order valence-corrected chi connectivity index (χ1v) is 10.9. The number of halogens is 3. The Bertz CT molecular complexity index is 1080. The summed E-state index contributed by atoms with van der Waals surface area (Å²) in [5.41, 5.74) is 8.29. The fourth-order valence-corrected chi connectivity index (χ4v) is 4.57. The van der Waals surface area contributed by atoms with Gasteiger partial charge in [-0.05, 0) is 42.9 Å². The molecule has 1 unspecified atom stereocenters. The number of aryl methyl sites for hydroxylation is 1. The number of benzene rings is 1. The van der Waals surface area contributed by atoms with Crippen molar-refractivity contribution in [3.05, 3.63) is 63.5 Å². The van der Waals surface area contributed by atoms with Gasteiger partial charge in [0.05, 0.1) is 22.3 Å². The van der Waals surface area contributed by atoms with E-state index < -0.39 is 17.8 Å². The molecule has 164 valence electrons. The molecule has 3 N–H and O–H groups in total. The number of aromatic nitrogens is 2. The third-order valence-corrected chi connectivity index (χ3v) is 6.42. The molecule has 1 fully saturated rings. The second-order valence-electron chi connectivity index (χ2n) is 7.81. The third-order valence-electron chi connectivity index (χ3n) is 5.49. The van der Waals surface area contributed by atoms with Crippen LogP contribution in [0.3, 0.4) is 0 Å². The van der Waals surface area contributed by atoms with Crippen LogP contribution in [0.2, 0.25) is 0 Å². The van der Waals surface area contributed by atoms with Gasteiger partial charge in [0.25, 0.3) is 5.91 Å². The Morgan fingerprint density at radius 2 is 2.10 bits per heavy atom. The van der Waals surface area contributed by atoms with Crippen LogP contribution < -0.4 is 11.1 Å². The van der Waals surface area contributed by atoms with Crippen LogP contribution in [0.15, 0.2) is 41.9 Å². The number of amides is 1. The van der Waals surface area contributed by atoms with Gasteiger partial charge in [-0.2, -0.15) is 18.3 Å². The standard InChI is InChI=1S/C22H23F3N4OS/c1-29-20(17(11-27-29)13-6-7-13)15-9-19(31-12-15)21(30)28-16(10-26)8-14-4-2-3-5-18(14)22(23,24)25/h2-5,9,11-13,16H,6-8,10,26H2,1H3,(H,28,30). The monoisotopic (exact) mass is 448 g/mol. The van der Waals surface area contributed by atoms with E-state index in [-0.39, 0.29) is 24.4 Å². The summed E-state index contributed by atoms with van der Waals surface area (Å²) in [5.74, 6) is 0.183. The number of nitrogens with one attached hydrogen (secondary N) is 1. The fourth-order valence-electron chi connectivity index (χ4n) is 3.77. The molecule has 5 nitrogen and oxygen atoms in total. The summed E-state index contributed by atoms with van der Waals surface area (Å²) in [5, 5.41) is 9.06. The number of carbonyl (C=O) groups excluding carboxylic acids is 1. The second kappa shape index (κ2) is 8.47. The van der Waals surface area contributed by atoms with Gasteiger partial charge in [-0.1, -0.05) is 18.2 Å². The van der Waals surface area contributed by atoms with Crippen molar-refractivity contribution in [3.8, 4) is 11.3 Å². The minimum absolute atomic E-state index is 0.00368. The van der Waals surface area contributed by atoms with Crippen LogP contribution in [0, 0.1) is 0 Å². The maximum Gasteiger partial charge on any atom is 0.416 e. The van der Waals surface area contributed by atoms with Gasteiger partial charge in [0.1, 0.15) is 0 Å². The maximum absolute atomic E-state index is 13.3. The zero-order valence-electron chi connectivity index (χ0n) is 16.9. The highest BCUT2D eigenvalue weighted by atomic mass is 32.1. The summed E-state index contributed by atoms with van der Waals surface area (Å²) < 4.78 is 41.6. The molecule has 0 radical (unpaired) electrons. The van der Waals surface area contributed by atoms with E-state index in [0.29, 0.717) is 10.8 Å². The van der Waals surface area contributed by atoms with E-state index in [4.69, 9.17) is 5.73 Å². The fraction of sp³-hybridized carbons (Fsp3) is 0.364. The van der Waals surface area contributed by atoms with Gasteiger partial charge >= 0.3 is 6.18 Å².